The second-order valence-electron chi connectivity index (χ2n) is 6.65. The Morgan fingerprint density at radius 1 is 1.11 bits per heavy atom. The summed E-state index contributed by atoms with van der Waals surface area (Å²) in [5.41, 5.74) is 2.13. The predicted molar refractivity (Wildman–Crippen MR) is 107 cm³/mol. The van der Waals surface area contributed by atoms with E-state index in [1.54, 1.807) is 24.3 Å². The zero-order chi connectivity index (χ0) is 19.4. The number of hydrogen-bond acceptors (Lipinski definition) is 6. The fourth-order valence-electron chi connectivity index (χ4n) is 2.88. The lowest BCUT2D eigenvalue weighted by molar-refractivity contribution is -0.118. The van der Waals surface area contributed by atoms with Crippen LogP contribution in [0.3, 0.4) is 0 Å². The van der Waals surface area contributed by atoms with E-state index in [2.05, 4.69) is 32.1 Å². The minimum absolute atomic E-state index is 0.0965. The van der Waals surface area contributed by atoms with Crippen molar-refractivity contribution in [1.29, 1.82) is 0 Å². The van der Waals surface area contributed by atoms with Crippen molar-refractivity contribution < 1.29 is 9.53 Å². The Morgan fingerprint density at radius 3 is 2.30 bits per heavy atom. The summed E-state index contributed by atoms with van der Waals surface area (Å²) < 4.78 is 5.48. The van der Waals surface area contributed by atoms with Gasteiger partial charge < -0.3 is 19.9 Å². The maximum atomic E-state index is 12.2. The molecule has 1 aliphatic heterocycles. The molecule has 1 aliphatic rings. The van der Waals surface area contributed by atoms with Crippen LogP contribution in [0.1, 0.15) is 11.4 Å². The van der Waals surface area contributed by atoms with Gasteiger partial charge in [0.05, 0.1) is 17.1 Å². The van der Waals surface area contributed by atoms with Gasteiger partial charge in [0.15, 0.2) is 6.61 Å². The number of nitrogens with zero attached hydrogens (tertiary/aromatic N) is 4. The van der Waals surface area contributed by atoms with Gasteiger partial charge >= 0.3 is 0 Å². The number of amides is 1. The maximum absolute atomic E-state index is 12.2. The monoisotopic (exact) mass is 389 g/mol. The van der Waals surface area contributed by atoms with E-state index in [9.17, 15) is 4.79 Å². The lowest BCUT2D eigenvalue weighted by Crippen LogP contribution is -2.45. The molecular formula is C19H24ClN5O2. The lowest BCUT2D eigenvalue weighted by atomic mass is 10.2. The molecule has 0 saturated carbocycles. The first-order chi connectivity index (χ1) is 12.9. The fraction of sp³-hybridized carbons (Fsp3) is 0.421. The topological polar surface area (TPSA) is 70.6 Å². The minimum atomic E-state index is -0.257. The number of likely N-dealkylation sites (N-methyl/N-ethyl adjacent to an activating group) is 1. The zero-order valence-electron chi connectivity index (χ0n) is 15.8. The molecule has 0 atom stereocenters. The number of halogens is 1. The summed E-state index contributed by atoms with van der Waals surface area (Å²) in [4.78, 5) is 25.9. The van der Waals surface area contributed by atoms with Crippen LogP contribution in [0.2, 0.25) is 5.02 Å². The highest BCUT2D eigenvalue weighted by Gasteiger charge is 2.19. The largest absolute Gasteiger partial charge is 0.484 e. The number of anilines is 2. The molecule has 0 spiro atoms. The summed E-state index contributed by atoms with van der Waals surface area (Å²) in [5, 5.41) is 3.48. The number of carbonyl (C=O) groups excluding carboxylic acids is 1. The molecule has 1 fully saturated rings. The van der Waals surface area contributed by atoms with Crippen LogP contribution in [0, 0.1) is 13.8 Å². The van der Waals surface area contributed by atoms with E-state index >= 15 is 0 Å². The normalized spacial score (nSPS) is 14.9. The number of aromatic nitrogens is 2. The molecule has 2 aromatic rings. The molecule has 1 amide bonds. The van der Waals surface area contributed by atoms with Crippen molar-refractivity contribution in [2.75, 3.05) is 50.1 Å². The first kappa shape index (κ1) is 19.4. The van der Waals surface area contributed by atoms with Crippen molar-refractivity contribution in [3.63, 3.8) is 0 Å². The van der Waals surface area contributed by atoms with E-state index in [4.69, 9.17) is 16.3 Å². The average Bonchev–Trinajstić information content (AvgIpc) is 2.64. The Balaban J connectivity index is 1.62. The molecule has 2 heterocycles. The fourth-order valence-corrected chi connectivity index (χ4v) is 3.01. The third-order valence-electron chi connectivity index (χ3n) is 4.49. The standard InChI is InChI=1S/C19H24ClN5O2/c1-13-18(23-17(26)12-27-16-6-4-15(20)5-7-16)14(2)22-19(21-13)25-10-8-24(3)9-11-25/h4-7H,8-12H2,1-3H3,(H,23,26). The molecular weight excluding hydrogens is 366 g/mol. The SMILES string of the molecule is Cc1nc(N2CCN(C)CC2)nc(C)c1NC(=O)COc1ccc(Cl)cc1. The van der Waals surface area contributed by atoms with Gasteiger partial charge in [0, 0.05) is 31.2 Å². The van der Waals surface area contributed by atoms with Gasteiger partial charge in [0.1, 0.15) is 5.75 Å². The van der Waals surface area contributed by atoms with Crippen molar-refractivity contribution >= 4 is 29.1 Å². The number of benzene rings is 1. The van der Waals surface area contributed by atoms with Gasteiger partial charge in [-0.1, -0.05) is 11.6 Å². The molecule has 3 rings (SSSR count). The van der Waals surface area contributed by atoms with E-state index in [1.165, 1.54) is 0 Å². The molecule has 1 N–H and O–H groups in total. The highest BCUT2D eigenvalue weighted by atomic mass is 35.5. The van der Waals surface area contributed by atoms with E-state index in [0.29, 0.717) is 22.4 Å². The van der Waals surface area contributed by atoms with Gasteiger partial charge in [-0.25, -0.2) is 9.97 Å². The Hall–Kier alpha value is -2.38. The number of ether oxygens (including phenoxy) is 1. The van der Waals surface area contributed by atoms with E-state index in [-0.39, 0.29) is 12.5 Å². The molecule has 0 bridgehead atoms. The van der Waals surface area contributed by atoms with Crippen molar-refractivity contribution in [3.05, 3.63) is 40.7 Å². The number of piperazine rings is 1. The molecule has 144 valence electrons. The minimum Gasteiger partial charge on any atom is -0.484 e. The quantitative estimate of drug-likeness (QED) is 0.847. The van der Waals surface area contributed by atoms with Crippen molar-refractivity contribution in [1.82, 2.24) is 14.9 Å². The molecule has 7 nitrogen and oxygen atoms in total. The molecule has 8 heteroatoms. The summed E-state index contributed by atoms with van der Waals surface area (Å²) in [7, 11) is 2.11. The smallest absolute Gasteiger partial charge is 0.262 e. The Kier molecular flexibility index (Phi) is 6.13. The summed E-state index contributed by atoms with van der Waals surface area (Å²) in [6.07, 6.45) is 0. The summed E-state index contributed by atoms with van der Waals surface area (Å²) in [5.74, 6) is 1.05. The van der Waals surface area contributed by atoms with Crippen LogP contribution >= 0.6 is 11.6 Å². The van der Waals surface area contributed by atoms with Gasteiger partial charge in [-0.3, -0.25) is 4.79 Å². The van der Waals surface area contributed by atoms with Crippen LogP contribution < -0.4 is 15.0 Å². The number of aryl methyl sites for hydroxylation is 2. The molecule has 0 unspecified atom stereocenters. The molecule has 1 aromatic carbocycles. The number of carbonyl (C=O) groups is 1. The predicted octanol–water partition coefficient (Wildman–Crippen LogP) is 2.52. The van der Waals surface area contributed by atoms with E-state index < -0.39 is 0 Å². The molecule has 0 radical (unpaired) electrons. The van der Waals surface area contributed by atoms with Crippen molar-refractivity contribution in [2.24, 2.45) is 0 Å². The van der Waals surface area contributed by atoms with Gasteiger partial charge in [-0.2, -0.15) is 0 Å². The van der Waals surface area contributed by atoms with Gasteiger partial charge in [-0.15, -0.1) is 0 Å². The lowest BCUT2D eigenvalue weighted by Gasteiger charge is -2.32. The Morgan fingerprint density at radius 2 is 1.70 bits per heavy atom. The molecule has 1 aromatic heterocycles. The van der Waals surface area contributed by atoms with Crippen LogP contribution in [0.15, 0.2) is 24.3 Å². The van der Waals surface area contributed by atoms with E-state index in [0.717, 1.165) is 37.6 Å². The van der Waals surface area contributed by atoms with E-state index in [1.807, 2.05) is 13.8 Å². The molecule has 27 heavy (non-hydrogen) atoms. The third kappa shape index (κ3) is 5.08. The van der Waals surface area contributed by atoms with Gasteiger partial charge in [0.2, 0.25) is 5.95 Å². The van der Waals surface area contributed by atoms with Gasteiger partial charge in [-0.05, 0) is 45.2 Å². The average molecular weight is 390 g/mol. The first-order valence-corrected chi connectivity index (χ1v) is 9.27. The highest BCUT2D eigenvalue weighted by Crippen LogP contribution is 2.21. The number of rotatable bonds is 5. The van der Waals surface area contributed by atoms with Crippen LogP contribution in [-0.2, 0) is 4.79 Å². The van der Waals surface area contributed by atoms with Crippen molar-refractivity contribution in [2.45, 2.75) is 13.8 Å². The first-order valence-electron chi connectivity index (χ1n) is 8.89. The number of nitrogens with one attached hydrogen (secondary N) is 1. The Bertz CT molecular complexity index is 781. The number of hydrogen-bond donors (Lipinski definition) is 1. The van der Waals surface area contributed by atoms with Crippen LogP contribution in [0.25, 0.3) is 0 Å². The maximum Gasteiger partial charge on any atom is 0.262 e. The zero-order valence-corrected chi connectivity index (χ0v) is 16.6. The Labute approximate surface area is 164 Å². The van der Waals surface area contributed by atoms with Crippen LogP contribution in [-0.4, -0.2) is 60.6 Å². The third-order valence-corrected chi connectivity index (χ3v) is 4.75. The van der Waals surface area contributed by atoms with Crippen LogP contribution in [0.5, 0.6) is 5.75 Å². The summed E-state index contributed by atoms with van der Waals surface area (Å²) >= 11 is 5.84. The molecule has 1 saturated heterocycles. The highest BCUT2D eigenvalue weighted by molar-refractivity contribution is 6.30. The summed E-state index contributed by atoms with van der Waals surface area (Å²) in [6.45, 7) is 7.44. The van der Waals surface area contributed by atoms with Crippen LogP contribution in [0.4, 0.5) is 11.6 Å². The summed E-state index contributed by atoms with van der Waals surface area (Å²) in [6, 6.07) is 6.88. The second kappa shape index (κ2) is 8.54. The van der Waals surface area contributed by atoms with Gasteiger partial charge in [0.25, 0.3) is 5.91 Å². The second-order valence-corrected chi connectivity index (χ2v) is 7.09. The van der Waals surface area contributed by atoms with Crippen molar-refractivity contribution in [3.8, 4) is 5.75 Å². The molecule has 0 aliphatic carbocycles.